The van der Waals surface area contributed by atoms with Crippen molar-refractivity contribution in [1.29, 1.82) is 0 Å². The third-order valence-corrected chi connectivity index (χ3v) is 3.20. The van der Waals surface area contributed by atoms with E-state index in [4.69, 9.17) is 0 Å². The van der Waals surface area contributed by atoms with Crippen LogP contribution in [0, 0.1) is 5.82 Å². The molecule has 0 unspecified atom stereocenters. The van der Waals surface area contributed by atoms with Crippen LogP contribution >= 0.6 is 0 Å². The van der Waals surface area contributed by atoms with E-state index in [9.17, 15) is 9.18 Å². The van der Waals surface area contributed by atoms with E-state index in [2.05, 4.69) is 36.5 Å². The molecule has 0 saturated carbocycles. The van der Waals surface area contributed by atoms with Crippen molar-refractivity contribution in [1.82, 2.24) is 0 Å². The van der Waals surface area contributed by atoms with Gasteiger partial charge < -0.3 is 5.32 Å². The van der Waals surface area contributed by atoms with Crippen LogP contribution < -0.4 is 5.32 Å². The monoisotopic (exact) mass is 271 g/mol. The first-order valence-electron chi connectivity index (χ1n) is 6.80. The van der Waals surface area contributed by atoms with Crippen molar-refractivity contribution in [2.45, 2.75) is 26.2 Å². The summed E-state index contributed by atoms with van der Waals surface area (Å²) >= 11 is 0. The lowest BCUT2D eigenvalue weighted by Gasteiger charge is -2.06. The molecule has 0 fully saturated rings. The minimum Gasteiger partial charge on any atom is -0.326 e. The van der Waals surface area contributed by atoms with Gasteiger partial charge in [-0.2, -0.15) is 0 Å². The molecule has 104 valence electrons. The molecular weight excluding hydrogens is 253 g/mol. The predicted molar refractivity (Wildman–Crippen MR) is 79.2 cm³/mol. The van der Waals surface area contributed by atoms with E-state index in [1.807, 2.05) is 0 Å². The van der Waals surface area contributed by atoms with E-state index in [-0.39, 0.29) is 11.7 Å². The van der Waals surface area contributed by atoms with Crippen LogP contribution in [0.2, 0.25) is 0 Å². The molecule has 0 spiro atoms. The van der Waals surface area contributed by atoms with Gasteiger partial charge in [-0.05, 0) is 48.2 Å². The number of amides is 1. The van der Waals surface area contributed by atoms with Crippen LogP contribution in [0.1, 0.15) is 24.5 Å². The summed E-state index contributed by atoms with van der Waals surface area (Å²) in [6, 6.07) is 14.1. The van der Waals surface area contributed by atoms with Gasteiger partial charge in [-0.15, -0.1) is 0 Å². The van der Waals surface area contributed by atoms with Crippen LogP contribution in [0.4, 0.5) is 10.1 Å². The summed E-state index contributed by atoms with van der Waals surface area (Å²) < 4.78 is 12.7. The highest BCUT2D eigenvalue weighted by atomic mass is 19.1. The third kappa shape index (κ3) is 4.19. The maximum absolute atomic E-state index is 12.7. The largest absolute Gasteiger partial charge is 0.326 e. The van der Waals surface area contributed by atoms with E-state index in [1.54, 1.807) is 12.1 Å². The highest BCUT2D eigenvalue weighted by molar-refractivity contribution is 5.90. The van der Waals surface area contributed by atoms with Crippen LogP contribution in [-0.4, -0.2) is 5.91 Å². The number of rotatable bonds is 5. The van der Waals surface area contributed by atoms with Crippen molar-refractivity contribution in [3.8, 4) is 0 Å². The number of halogens is 1. The summed E-state index contributed by atoms with van der Waals surface area (Å²) in [5, 5.41) is 2.76. The molecule has 1 amide bonds. The Morgan fingerprint density at radius 3 is 2.20 bits per heavy atom. The second-order valence-corrected chi connectivity index (χ2v) is 4.73. The molecule has 2 aromatic carbocycles. The number of aryl methyl sites for hydroxylation is 2. The van der Waals surface area contributed by atoms with Crippen LogP contribution in [0.3, 0.4) is 0 Å². The van der Waals surface area contributed by atoms with Crippen molar-refractivity contribution >= 4 is 11.6 Å². The SMILES string of the molecule is CCc1ccc(CCC(=O)Nc2ccc(F)cc2)cc1. The first-order valence-corrected chi connectivity index (χ1v) is 6.80. The molecule has 0 aliphatic rings. The quantitative estimate of drug-likeness (QED) is 0.876. The molecule has 0 saturated heterocycles. The number of anilines is 1. The molecule has 3 heteroatoms. The third-order valence-electron chi connectivity index (χ3n) is 3.20. The zero-order chi connectivity index (χ0) is 14.4. The normalized spacial score (nSPS) is 10.3. The Morgan fingerprint density at radius 2 is 1.60 bits per heavy atom. The lowest BCUT2D eigenvalue weighted by Crippen LogP contribution is -2.12. The number of hydrogen-bond acceptors (Lipinski definition) is 1. The minimum absolute atomic E-state index is 0.0591. The van der Waals surface area contributed by atoms with E-state index in [0.29, 0.717) is 18.5 Å². The summed E-state index contributed by atoms with van der Waals surface area (Å²) in [4.78, 5) is 11.8. The second-order valence-electron chi connectivity index (χ2n) is 4.73. The molecule has 1 N–H and O–H groups in total. The van der Waals surface area contributed by atoms with Gasteiger partial charge in [0.25, 0.3) is 0 Å². The topological polar surface area (TPSA) is 29.1 Å². The number of benzene rings is 2. The van der Waals surface area contributed by atoms with Crippen LogP contribution in [0.5, 0.6) is 0 Å². The molecule has 2 nitrogen and oxygen atoms in total. The Morgan fingerprint density at radius 1 is 1.00 bits per heavy atom. The summed E-state index contributed by atoms with van der Waals surface area (Å²) in [6.45, 7) is 2.12. The fourth-order valence-corrected chi connectivity index (χ4v) is 1.96. The second kappa shape index (κ2) is 6.85. The van der Waals surface area contributed by atoms with Crippen molar-refractivity contribution in [2.75, 3.05) is 5.32 Å². The van der Waals surface area contributed by atoms with Gasteiger partial charge in [-0.1, -0.05) is 31.2 Å². The number of carbonyl (C=O) groups is 1. The van der Waals surface area contributed by atoms with E-state index in [0.717, 1.165) is 12.0 Å². The van der Waals surface area contributed by atoms with Gasteiger partial charge >= 0.3 is 0 Å². The Bertz CT molecular complexity index is 561. The fourth-order valence-electron chi connectivity index (χ4n) is 1.96. The maximum Gasteiger partial charge on any atom is 0.224 e. The van der Waals surface area contributed by atoms with Gasteiger partial charge in [0.1, 0.15) is 5.82 Å². The number of nitrogens with one attached hydrogen (secondary N) is 1. The lowest BCUT2D eigenvalue weighted by molar-refractivity contribution is -0.116. The Balaban J connectivity index is 1.83. The zero-order valence-corrected chi connectivity index (χ0v) is 11.5. The summed E-state index contributed by atoms with van der Waals surface area (Å²) in [6.07, 6.45) is 2.14. The van der Waals surface area contributed by atoms with Gasteiger partial charge in [-0.25, -0.2) is 4.39 Å². The van der Waals surface area contributed by atoms with Crippen LogP contribution in [-0.2, 0) is 17.6 Å². The average molecular weight is 271 g/mol. The molecule has 0 bridgehead atoms. The van der Waals surface area contributed by atoms with E-state index in [1.165, 1.54) is 17.7 Å². The molecule has 0 aliphatic heterocycles. The molecule has 0 aliphatic carbocycles. The standard InChI is InChI=1S/C17H18FNO/c1-2-13-3-5-14(6-4-13)7-12-17(20)19-16-10-8-15(18)9-11-16/h3-6,8-11H,2,7,12H2,1H3,(H,19,20). The highest BCUT2D eigenvalue weighted by Crippen LogP contribution is 2.11. The lowest BCUT2D eigenvalue weighted by atomic mass is 10.1. The molecule has 0 radical (unpaired) electrons. The highest BCUT2D eigenvalue weighted by Gasteiger charge is 2.03. The molecule has 2 aromatic rings. The van der Waals surface area contributed by atoms with Crippen molar-refractivity contribution in [3.05, 3.63) is 65.5 Å². The molecular formula is C17H18FNO. The van der Waals surface area contributed by atoms with Crippen molar-refractivity contribution < 1.29 is 9.18 Å². The zero-order valence-electron chi connectivity index (χ0n) is 11.5. The number of carbonyl (C=O) groups excluding carboxylic acids is 1. The molecule has 0 atom stereocenters. The number of hydrogen-bond donors (Lipinski definition) is 1. The van der Waals surface area contributed by atoms with Gasteiger partial charge in [-0.3, -0.25) is 4.79 Å². The van der Waals surface area contributed by atoms with Crippen LogP contribution in [0.15, 0.2) is 48.5 Å². The molecule has 0 aromatic heterocycles. The van der Waals surface area contributed by atoms with Gasteiger partial charge in [0, 0.05) is 12.1 Å². The van der Waals surface area contributed by atoms with Crippen LogP contribution in [0.25, 0.3) is 0 Å². The van der Waals surface area contributed by atoms with Gasteiger partial charge in [0.05, 0.1) is 0 Å². The van der Waals surface area contributed by atoms with Crippen molar-refractivity contribution in [2.24, 2.45) is 0 Å². The summed E-state index contributed by atoms with van der Waals surface area (Å²) in [7, 11) is 0. The van der Waals surface area contributed by atoms with Gasteiger partial charge in [0.2, 0.25) is 5.91 Å². The summed E-state index contributed by atoms with van der Waals surface area (Å²) in [5.41, 5.74) is 3.07. The van der Waals surface area contributed by atoms with Gasteiger partial charge in [0.15, 0.2) is 0 Å². The first kappa shape index (κ1) is 14.3. The Kier molecular flexibility index (Phi) is 4.88. The molecule has 2 rings (SSSR count). The fraction of sp³-hybridized carbons (Fsp3) is 0.235. The maximum atomic E-state index is 12.7. The van der Waals surface area contributed by atoms with E-state index >= 15 is 0 Å². The molecule has 0 heterocycles. The Hall–Kier alpha value is -2.16. The summed E-state index contributed by atoms with van der Waals surface area (Å²) in [5.74, 6) is -0.366. The van der Waals surface area contributed by atoms with E-state index < -0.39 is 0 Å². The predicted octanol–water partition coefficient (Wildman–Crippen LogP) is 3.96. The molecule has 20 heavy (non-hydrogen) atoms. The van der Waals surface area contributed by atoms with Crippen molar-refractivity contribution in [3.63, 3.8) is 0 Å². The Labute approximate surface area is 118 Å². The average Bonchev–Trinajstić information content (AvgIpc) is 2.48. The minimum atomic E-state index is -0.306. The smallest absolute Gasteiger partial charge is 0.224 e. The first-order chi connectivity index (χ1) is 9.67.